The van der Waals surface area contributed by atoms with Crippen LogP contribution in [0.1, 0.15) is 0 Å². The monoisotopic (exact) mass is 764 g/mol. The van der Waals surface area contributed by atoms with E-state index in [0.29, 0.717) is 0 Å². The van der Waals surface area contributed by atoms with Crippen LogP contribution in [-0.4, -0.2) is 4.57 Å². The molecule has 282 valence electrons. The summed E-state index contributed by atoms with van der Waals surface area (Å²) in [6.07, 6.45) is 0. The first-order chi connectivity index (χ1) is 29.8. The predicted octanol–water partition coefficient (Wildman–Crippen LogP) is 16.1. The van der Waals surface area contributed by atoms with E-state index in [-0.39, 0.29) is 0 Å². The van der Waals surface area contributed by atoms with E-state index in [1.54, 1.807) is 0 Å². The minimum atomic E-state index is 1.08. The first kappa shape index (κ1) is 35.2. The fourth-order valence-corrected chi connectivity index (χ4v) is 8.94. The lowest BCUT2D eigenvalue weighted by Crippen LogP contribution is -2.13. The van der Waals surface area contributed by atoms with Crippen LogP contribution in [0.2, 0.25) is 0 Å². The largest absolute Gasteiger partial charge is 0.308 e. The highest BCUT2D eigenvalue weighted by atomic mass is 15.2. The van der Waals surface area contributed by atoms with Gasteiger partial charge in [-0.2, -0.15) is 0 Å². The van der Waals surface area contributed by atoms with E-state index in [4.69, 9.17) is 0 Å². The lowest BCUT2D eigenvalue weighted by atomic mass is 9.95. The minimum Gasteiger partial charge on any atom is -0.308 e. The number of hydrogen-bond donors (Lipinski definition) is 0. The van der Waals surface area contributed by atoms with Gasteiger partial charge in [-0.25, -0.2) is 0 Å². The molecule has 0 fully saturated rings. The Hall–Kier alpha value is -7.94. The highest BCUT2D eigenvalue weighted by Crippen LogP contribution is 2.46. The number of hydrogen-bond acceptors (Lipinski definition) is 1. The molecule has 0 aliphatic carbocycles. The zero-order valence-electron chi connectivity index (χ0n) is 33.0. The number of nitrogens with zero attached hydrogens (tertiary/aromatic N) is 2. The summed E-state index contributed by atoms with van der Waals surface area (Å²) in [6, 6.07) is 87.8. The average Bonchev–Trinajstić information content (AvgIpc) is 3.68. The topological polar surface area (TPSA) is 8.17 Å². The van der Waals surface area contributed by atoms with Crippen LogP contribution in [0.3, 0.4) is 0 Å². The van der Waals surface area contributed by atoms with Gasteiger partial charge in [-0.3, -0.25) is 0 Å². The highest BCUT2D eigenvalue weighted by Gasteiger charge is 2.23. The van der Waals surface area contributed by atoms with Gasteiger partial charge in [0.05, 0.1) is 22.4 Å². The van der Waals surface area contributed by atoms with Crippen LogP contribution < -0.4 is 4.90 Å². The summed E-state index contributed by atoms with van der Waals surface area (Å²) in [5, 5.41) is 4.98. The van der Waals surface area contributed by atoms with Gasteiger partial charge >= 0.3 is 0 Å². The molecule has 0 spiro atoms. The van der Waals surface area contributed by atoms with E-state index < -0.39 is 0 Å². The second kappa shape index (κ2) is 15.1. The van der Waals surface area contributed by atoms with E-state index in [9.17, 15) is 0 Å². The van der Waals surface area contributed by atoms with Crippen molar-refractivity contribution in [2.75, 3.05) is 4.90 Å². The minimum absolute atomic E-state index is 1.08. The number of benzene rings is 10. The summed E-state index contributed by atoms with van der Waals surface area (Å²) in [5.74, 6) is 0. The van der Waals surface area contributed by atoms with Gasteiger partial charge in [0, 0.05) is 22.1 Å². The zero-order valence-corrected chi connectivity index (χ0v) is 33.0. The third-order valence-electron chi connectivity index (χ3n) is 11.8. The molecule has 0 N–H and O–H groups in total. The smallest absolute Gasteiger partial charge is 0.0702 e. The molecule has 2 nitrogen and oxygen atoms in total. The second-order valence-corrected chi connectivity index (χ2v) is 15.3. The molecule has 0 saturated heterocycles. The standard InChI is InChI=1S/C58H40N2/c1-4-15-41(16-5-1)44-27-29-48(30-28-44)52-23-14-26-55-57(52)58-51-22-11-10-21-47(51)35-40-56(58)60(55)54-25-13-12-24-53(54)59(49-36-31-45(32-37-49)42-17-6-2-7-18-42)50-38-33-46(34-39-50)43-19-8-3-9-20-43/h1-40H. The van der Waals surface area contributed by atoms with Crippen molar-refractivity contribution in [3.05, 3.63) is 243 Å². The Bertz CT molecular complexity index is 3170. The Kier molecular flexibility index (Phi) is 8.87. The predicted molar refractivity (Wildman–Crippen MR) is 255 cm³/mol. The summed E-state index contributed by atoms with van der Waals surface area (Å²) in [6.45, 7) is 0. The number of para-hydroxylation sites is 2. The maximum Gasteiger partial charge on any atom is 0.0702 e. The fourth-order valence-electron chi connectivity index (χ4n) is 8.94. The van der Waals surface area contributed by atoms with Crippen LogP contribution in [0.4, 0.5) is 17.1 Å². The van der Waals surface area contributed by atoms with Gasteiger partial charge in [0.25, 0.3) is 0 Å². The Morgan fingerprint density at radius 1 is 0.283 bits per heavy atom. The molecule has 0 aliphatic rings. The van der Waals surface area contributed by atoms with Crippen molar-refractivity contribution < 1.29 is 0 Å². The Labute approximate surface area is 350 Å². The van der Waals surface area contributed by atoms with E-state index in [2.05, 4.69) is 252 Å². The van der Waals surface area contributed by atoms with E-state index in [1.165, 1.54) is 71.6 Å². The van der Waals surface area contributed by atoms with Crippen LogP contribution in [0.5, 0.6) is 0 Å². The average molecular weight is 765 g/mol. The summed E-state index contributed by atoms with van der Waals surface area (Å²) < 4.78 is 2.48. The highest BCUT2D eigenvalue weighted by molar-refractivity contribution is 6.25. The van der Waals surface area contributed by atoms with Crippen molar-refractivity contribution in [1.82, 2.24) is 4.57 Å². The molecule has 0 aliphatic heterocycles. The van der Waals surface area contributed by atoms with Crippen molar-refractivity contribution in [3.8, 4) is 50.2 Å². The molecule has 0 atom stereocenters. The molecular weight excluding hydrogens is 725 g/mol. The molecule has 0 amide bonds. The summed E-state index contributed by atoms with van der Waals surface area (Å²) in [7, 11) is 0. The number of fused-ring (bicyclic) bond motifs is 5. The van der Waals surface area contributed by atoms with E-state index in [0.717, 1.165) is 28.3 Å². The van der Waals surface area contributed by atoms with Crippen molar-refractivity contribution in [2.45, 2.75) is 0 Å². The first-order valence-electron chi connectivity index (χ1n) is 20.6. The van der Waals surface area contributed by atoms with E-state index >= 15 is 0 Å². The molecule has 2 heteroatoms. The third-order valence-corrected chi connectivity index (χ3v) is 11.8. The first-order valence-corrected chi connectivity index (χ1v) is 20.6. The lowest BCUT2D eigenvalue weighted by Gasteiger charge is -2.28. The van der Waals surface area contributed by atoms with Crippen molar-refractivity contribution >= 4 is 49.6 Å². The lowest BCUT2D eigenvalue weighted by molar-refractivity contribution is 1.15. The van der Waals surface area contributed by atoms with Crippen LogP contribution in [0.25, 0.3) is 82.8 Å². The zero-order chi connectivity index (χ0) is 39.8. The van der Waals surface area contributed by atoms with Gasteiger partial charge in [-0.1, -0.05) is 194 Å². The van der Waals surface area contributed by atoms with Gasteiger partial charge in [-0.05, 0) is 104 Å². The third kappa shape index (κ3) is 6.23. The van der Waals surface area contributed by atoms with Crippen LogP contribution in [-0.2, 0) is 0 Å². The normalized spacial score (nSPS) is 11.3. The molecule has 10 aromatic carbocycles. The maximum absolute atomic E-state index is 2.48. The van der Waals surface area contributed by atoms with Crippen molar-refractivity contribution in [2.24, 2.45) is 0 Å². The second-order valence-electron chi connectivity index (χ2n) is 15.3. The number of anilines is 3. The molecule has 1 heterocycles. The van der Waals surface area contributed by atoms with Crippen LogP contribution >= 0.6 is 0 Å². The van der Waals surface area contributed by atoms with Crippen LogP contribution in [0.15, 0.2) is 243 Å². The molecule has 1 aromatic heterocycles. The Morgan fingerprint density at radius 3 is 1.32 bits per heavy atom. The summed E-state index contributed by atoms with van der Waals surface area (Å²) >= 11 is 0. The van der Waals surface area contributed by atoms with Crippen molar-refractivity contribution in [3.63, 3.8) is 0 Å². The molecular formula is C58H40N2. The van der Waals surface area contributed by atoms with E-state index in [1.807, 2.05) is 0 Å². The molecule has 0 bridgehead atoms. The van der Waals surface area contributed by atoms with Gasteiger partial charge in [0.2, 0.25) is 0 Å². The van der Waals surface area contributed by atoms with Gasteiger partial charge in [0.1, 0.15) is 0 Å². The number of rotatable bonds is 8. The van der Waals surface area contributed by atoms with Crippen LogP contribution in [0, 0.1) is 0 Å². The molecule has 0 radical (unpaired) electrons. The Balaban J connectivity index is 1.13. The summed E-state index contributed by atoms with van der Waals surface area (Å²) in [4.78, 5) is 2.41. The SMILES string of the molecule is c1ccc(-c2ccc(-c3cccc4c3c3c5ccccc5ccc3n4-c3ccccc3N(c3ccc(-c4ccccc4)cc3)c3ccc(-c4ccccc4)cc3)cc2)cc1. The van der Waals surface area contributed by atoms with Gasteiger partial charge in [0.15, 0.2) is 0 Å². The van der Waals surface area contributed by atoms with Gasteiger partial charge in [-0.15, -0.1) is 0 Å². The molecule has 60 heavy (non-hydrogen) atoms. The fraction of sp³-hybridized carbons (Fsp3) is 0. The molecule has 11 aromatic rings. The quantitative estimate of drug-likeness (QED) is 0.150. The number of aromatic nitrogens is 1. The molecule has 0 saturated carbocycles. The van der Waals surface area contributed by atoms with Crippen molar-refractivity contribution in [1.29, 1.82) is 0 Å². The Morgan fingerprint density at radius 2 is 0.733 bits per heavy atom. The van der Waals surface area contributed by atoms with Gasteiger partial charge < -0.3 is 9.47 Å². The molecule has 0 unspecified atom stereocenters. The maximum atomic E-state index is 2.48. The summed E-state index contributed by atoms with van der Waals surface area (Å²) in [5.41, 5.74) is 16.3. The molecule has 11 rings (SSSR count).